The van der Waals surface area contributed by atoms with E-state index in [4.69, 9.17) is 9.47 Å². The second kappa shape index (κ2) is 8.88. The summed E-state index contributed by atoms with van der Waals surface area (Å²) in [5.41, 5.74) is 0.547. The molecular formula is C20H33NO4. The number of rotatable bonds is 3. The van der Waals surface area contributed by atoms with Gasteiger partial charge >= 0.3 is 12.1 Å². The molecule has 1 fully saturated rings. The number of carbonyl (C=O) groups is 2. The molecule has 0 saturated heterocycles. The molecule has 142 valence electrons. The number of carbonyl (C=O) groups excluding carboxylic acids is 2. The van der Waals surface area contributed by atoms with Crippen LogP contribution in [-0.4, -0.2) is 24.8 Å². The Balaban J connectivity index is 0.00000201. The van der Waals surface area contributed by atoms with Gasteiger partial charge in [-0.15, -0.1) is 0 Å². The maximum absolute atomic E-state index is 12.2. The smallest absolute Gasteiger partial charge is 0.408 e. The van der Waals surface area contributed by atoms with Gasteiger partial charge in [-0.1, -0.05) is 38.8 Å². The van der Waals surface area contributed by atoms with Gasteiger partial charge in [0.2, 0.25) is 0 Å². The van der Waals surface area contributed by atoms with E-state index in [1.54, 1.807) is 12.1 Å². The van der Waals surface area contributed by atoms with Crippen LogP contribution in [0.4, 0.5) is 4.79 Å². The maximum atomic E-state index is 12.2. The zero-order valence-corrected chi connectivity index (χ0v) is 16.3. The molecule has 1 aromatic carbocycles. The Kier molecular flexibility index (Phi) is 7.46. The number of benzene rings is 1. The van der Waals surface area contributed by atoms with Crippen molar-refractivity contribution in [1.29, 1.82) is 0 Å². The van der Waals surface area contributed by atoms with Gasteiger partial charge in [-0.3, -0.25) is 0 Å². The van der Waals surface area contributed by atoms with Crippen LogP contribution in [-0.2, 0) is 15.0 Å². The van der Waals surface area contributed by atoms with Gasteiger partial charge in [0.25, 0.3) is 0 Å². The zero-order valence-electron chi connectivity index (χ0n) is 16.3. The van der Waals surface area contributed by atoms with E-state index < -0.39 is 17.2 Å². The van der Waals surface area contributed by atoms with E-state index in [0.717, 1.165) is 31.2 Å². The van der Waals surface area contributed by atoms with Crippen molar-refractivity contribution in [3.63, 3.8) is 0 Å². The Morgan fingerprint density at radius 3 is 2.04 bits per heavy atom. The number of nitrogens with one attached hydrogen (secondary N) is 1. The molecule has 1 aliphatic rings. The summed E-state index contributed by atoms with van der Waals surface area (Å²) in [7, 11) is 1.36. The van der Waals surface area contributed by atoms with E-state index in [-0.39, 0.29) is 7.40 Å². The van der Waals surface area contributed by atoms with E-state index in [2.05, 4.69) is 5.32 Å². The van der Waals surface area contributed by atoms with Gasteiger partial charge in [-0.2, -0.15) is 0 Å². The third kappa shape index (κ3) is 5.76. The largest absolute Gasteiger partial charge is 0.465 e. The van der Waals surface area contributed by atoms with Crippen molar-refractivity contribution in [2.45, 2.75) is 71.4 Å². The van der Waals surface area contributed by atoms with Gasteiger partial charge < -0.3 is 14.8 Å². The van der Waals surface area contributed by atoms with Crippen molar-refractivity contribution in [3.8, 4) is 0 Å². The summed E-state index contributed by atoms with van der Waals surface area (Å²) in [6.07, 6.45) is 3.42. The van der Waals surface area contributed by atoms with Gasteiger partial charge in [0, 0.05) is 1.43 Å². The molecule has 0 aliphatic heterocycles. The minimum Gasteiger partial charge on any atom is -0.465 e. The Bertz CT molecular complexity index is 572. The Morgan fingerprint density at radius 1 is 1.08 bits per heavy atom. The van der Waals surface area contributed by atoms with E-state index >= 15 is 0 Å². The fraction of sp³-hybridized carbons (Fsp3) is 0.600. The van der Waals surface area contributed by atoms with Gasteiger partial charge in [0.05, 0.1) is 18.2 Å². The van der Waals surface area contributed by atoms with Gasteiger partial charge in [0.15, 0.2) is 0 Å². The molecule has 0 atom stereocenters. The summed E-state index contributed by atoms with van der Waals surface area (Å²) in [5, 5.41) is 3.05. The van der Waals surface area contributed by atoms with Crippen LogP contribution in [0.15, 0.2) is 24.3 Å². The molecule has 0 spiro atoms. The van der Waals surface area contributed by atoms with E-state index in [9.17, 15) is 9.59 Å². The van der Waals surface area contributed by atoms with Crippen LogP contribution in [0.2, 0.25) is 0 Å². The number of hydrogen-bond donors (Lipinski definition) is 1. The fourth-order valence-electron chi connectivity index (χ4n) is 3.01. The molecule has 0 radical (unpaired) electrons. The number of hydrogen-bond acceptors (Lipinski definition) is 4. The molecule has 25 heavy (non-hydrogen) atoms. The van der Waals surface area contributed by atoms with E-state index in [0.29, 0.717) is 5.56 Å². The molecule has 1 aromatic rings. The molecule has 0 bridgehead atoms. The van der Waals surface area contributed by atoms with Crippen LogP contribution in [0.25, 0.3) is 0 Å². The molecule has 5 heteroatoms. The second-order valence-corrected chi connectivity index (χ2v) is 6.99. The van der Waals surface area contributed by atoms with Crippen LogP contribution >= 0.6 is 0 Å². The lowest BCUT2D eigenvalue weighted by Crippen LogP contribution is -2.46. The zero-order chi connectivity index (χ0) is 19.1. The number of methoxy groups -OCH3 is 1. The van der Waals surface area contributed by atoms with Gasteiger partial charge in [-0.05, 0) is 51.3 Å². The van der Waals surface area contributed by atoms with Crippen LogP contribution in [0, 0.1) is 0 Å². The molecule has 0 unspecified atom stereocenters. The highest BCUT2D eigenvalue weighted by Gasteiger charge is 2.38. The average Bonchev–Trinajstić information content (AvgIpc) is 3.04. The summed E-state index contributed by atoms with van der Waals surface area (Å²) in [6, 6.07) is 7.24. The van der Waals surface area contributed by atoms with Crippen molar-refractivity contribution >= 4 is 12.1 Å². The predicted molar refractivity (Wildman–Crippen MR) is 101 cm³/mol. The highest BCUT2D eigenvalue weighted by Crippen LogP contribution is 2.39. The molecule has 5 nitrogen and oxygen atoms in total. The maximum Gasteiger partial charge on any atom is 0.408 e. The van der Waals surface area contributed by atoms with Crippen molar-refractivity contribution in [2.75, 3.05) is 7.11 Å². The van der Waals surface area contributed by atoms with Crippen molar-refractivity contribution in [1.82, 2.24) is 5.32 Å². The Hall–Kier alpha value is -2.04. The molecule has 2 rings (SSSR count). The van der Waals surface area contributed by atoms with Gasteiger partial charge in [0.1, 0.15) is 5.60 Å². The molecule has 1 amide bonds. The van der Waals surface area contributed by atoms with Crippen molar-refractivity contribution in [3.05, 3.63) is 35.4 Å². The van der Waals surface area contributed by atoms with E-state index in [1.165, 1.54) is 7.11 Å². The van der Waals surface area contributed by atoms with Crippen LogP contribution in [0.1, 0.15) is 77.7 Å². The summed E-state index contributed by atoms with van der Waals surface area (Å²) in [6.45, 7) is 9.54. The SMILES string of the molecule is CC.COC(=O)c1ccc(C2(NC(=O)OC(C)(C)C)CCCC2)cc1.[HH]. The normalized spacial score (nSPS) is 15.6. The molecular weight excluding hydrogens is 318 g/mol. The third-order valence-electron chi connectivity index (χ3n) is 4.06. The average molecular weight is 351 g/mol. The first-order valence-electron chi connectivity index (χ1n) is 8.96. The van der Waals surface area contributed by atoms with Crippen LogP contribution in [0.5, 0.6) is 0 Å². The monoisotopic (exact) mass is 351 g/mol. The predicted octanol–water partition coefficient (Wildman–Crippen LogP) is 5.04. The van der Waals surface area contributed by atoms with Crippen LogP contribution < -0.4 is 5.32 Å². The Morgan fingerprint density at radius 2 is 1.60 bits per heavy atom. The minimum absolute atomic E-state index is 0. The lowest BCUT2D eigenvalue weighted by atomic mass is 9.88. The van der Waals surface area contributed by atoms with Crippen molar-refractivity contribution in [2.24, 2.45) is 0 Å². The second-order valence-electron chi connectivity index (χ2n) is 6.99. The third-order valence-corrected chi connectivity index (χ3v) is 4.06. The number of esters is 1. The van der Waals surface area contributed by atoms with Crippen molar-refractivity contribution < 1.29 is 20.5 Å². The topological polar surface area (TPSA) is 64.6 Å². The number of ether oxygens (including phenoxy) is 2. The quantitative estimate of drug-likeness (QED) is 0.775. The fourth-order valence-corrected chi connectivity index (χ4v) is 3.01. The highest BCUT2D eigenvalue weighted by molar-refractivity contribution is 5.89. The lowest BCUT2D eigenvalue weighted by molar-refractivity contribution is 0.0452. The van der Waals surface area contributed by atoms with Gasteiger partial charge in [-0.25, -0.2) is 9.59 Å². The molecule has 0 heterocycles. The standard InChI is InChI=1S/C18H25NO4.C2H6.H2/c1-17(2,3)23-16(21)19-18(11-5-6-12-18)14-9-7-13(8-10-14)15(20)22-4;1-2;/h7-10H,5-6,11-12H2,1-4H3,(H,19,21);1-2H3;1H. The lowest BCUT2D eigenvalue weighted by Gasteiger charge is -2.32. The summed E-state index contributed by atoms with van der Waals surface area (Å²) in [5.74, 6) is -0.364. The Labute approximate surface area is 152 Å². The summed E-state index contributed by atoms with van der Waals surface area (Å²) >= 11 is 0. The minimum atomic E-state index is -0.529. The first kappa shape index (κ1) is 21.0. The summed E-state index contributed by atoms with van der Waals surface area (Å²) in [4.78, 5) is 23.8. The van der Waals surface area contributed by atoms with Crippen LogP contribution in [0.3, 0.4) is 0 Å². The molecule has 1 aliphatic carbocycles. The number of alkyl carbamates (subject to hydrolysis) is 1. The number of amides is 1. The molecule has 1 N–H and O–H groups in total. The van der Waals surface area contributed by atoms with E-state index in [1.807, 2.05) is 46.8 Å². The molecule has 1 saturated carbocycles. The first-order chi connectivity index (χ1) is 11.8. The summed E-state index contributed by atoms with van der Waals surface area (Å²) < 4.78 is 10.1. The highest BCUT2D eigenvalue weighted by atomic mass is 16.6. The first-order valence-corrected chi connectivity index (χ1v) is 8.96. The molecule has 0 aromatic heterocycles.